The molecule has 4 rings (SSSR count). The van der Waals surface area contributed by atoms with Gasteiger partial charge in [0.2, 0.25) is 0 Å². The van der Waals surface area contributed by atoms with Gasteiger partial charge in [0.05, 0.1) is 12.1 Å². The number of hydrogen-bond acceptors (Lipinski definition) is 4. The molecule has 2 aromatic heterocycles. The smallest absolute Gasteiger partial charge is 0.293 e. The van der Waals surface area contributed by atoms with Crippen molar-refractivity contribution in [2.75, 3.05) is 0 Å². The standard InChI is InChI=1S/C18H10F5N5O/c19-12-5-6-14(13(20)7-12)28-16-15(25-26-28)17(29)27(9-24-16)8-10-1-3-11(4-2-10)18(21,22)23/h1-7,9H,8H2. The first kappa shape index (κ1) is 18.7. The highest BCUT2D eigenvalue weighted by molar-refractivity contribution is 5.70. The summed E-state index contributed by atoms with van der Waals surface area (Å²) in [5.74, 6) is -1.69. The number of benzene rings is 2. The average molecular weight is 407 g/mol. The molecule has 0 atom stereocenters. The van der Waals surface area contributed by atoms with Crippen molar-refractivity contribution in [3.8, 4) is 5.69 Å². The lowest BCUT2D eigenvalue weighted by Gasteiger charge is -2.09. The molecule has 0 aliphatic rings. The summed E-state index contributed by atoms with van der Waals surface area (Å²) in [6, 6.07) is 7.16. The van der Waals surface area contributed by atoms with Crippen LogP contribution in [0.5, 0.6) is 0 Å². The Morgan fingerprint density at radius 2 is 1.72 bits per heavy atom. The lowest BCUT2D eigenvalue weighted by atomic mass is 10.1. The zero-order valence-electron chi connectivity index (χ0n) is 14.4. The van der Waals surface area contributed by atoms with Crippen molar-refractivity contribution >= 4 is 11.2 Å². The average Bonchev–Trinajstić information content (AvgIpc) is 3.08. The third-order valence-corrected chi connectivity index (χ3v) is 4.20. The van der Waals surface area contributed by atoms with Crippen LogP contribution in [0.2, 0.25) is 0 Å². The molecule has 0 unspecified atom stereocenters. The normalized spacial score (nSPS) is 11.9. The van der Waals surface area contributed by atoms with Gasteiger partial charge in [-0.2, -0.15) is 17.9 Å². The van der Waals surface area contributed by atoms with Crippen molar-refractivity contribution in [2.45, 2.75) is 12.7 Å². The van der Waals surface area contributed by atoms with Crippen molar-refractivity contribution in [1.29, 1.82) is 0 Å². The molecular weight excluding hydrogens is 397 g/mol. The fraction of sp³-hybridized carbons (Fsp3) is 0.111. The predicted octanol–water partition coefficient (Wildman–Crippen LogP) is 3.32. The first-order valence-electron chi connectivity index (χ1n) is 8.16. The fourth-order valence-electron chi connectivity index (χ4n) is 2.77. The van der Waals surface area contributed by atoms with E-state index in [9.17, 15) is 26.7 Å². The number of hydrogen-bond donors (Lipinski definition) is 0. The van der Waals surface area contributed by atoms with E-state index in [0.717, 1.165) is 39.8 Å². The van der Waals surface area contributed by atoms with Gasteiger partial charge in [0.25, 0.3) is 5.56 Å². The van der Waals surface area contributed by atoms with E-state index in [2.05, 4.69) is 15.3 Å². The largest absolute Gasteiger partial charge is 0.416 e. The Morgan fingerprint density at radius 1 is 1.00 bits per heavy atom. The van der Waals surface area contributed by atoms with Crippen LogP contribution in [0.1, 0.15) is 11.1 Å². The van der Waals surface area contributed by atoms with Crippen molar-refractivity contribution in [3.05, 3.63) is 81.9 Å². The van der Waals surface area contributed by atoms with Crippen molar-refractivity contribution in [2.24, 2.45) is 0 Å². The van der Waals surface area contributed by atoms with E-state index in [-0.39, 0.29) is 23.4 Å². The van der Waals surface area contributed by atoms with E-state index < -0.39 is 28.9 Å². The van der Waals surface area contributed by atoms with Crippen LogP contribution in [0.25, 0.3) is 16.9 Å². The van der Waals surface area contributed by atoms with Crippen molar-refractivity contribution in [1.82, 2.24) is 24.5 Å². The van der Waals surface area contributed by atoms with E-state index in [0.29, 0.717) is 11.6 Å². The topological polar surface area (TPSA) is 65.6 Å². The highest BCUT2D eigenvalue weighted by Crippen LogP contribution is 2.29. The van der Waals surface area contributed by atoms with Gasteiger partial charge in [-0.1, -0.05) is 17.3 Å². The molecule has 6 nitrogen and oxygen atoms in total. The Balaban J connectivity index is 1.70. The third kappa shape index (κ3) is 3.46. The minimum atomic E-state index is -4.45. The van der Waals surface area contributed by atoms with Crippen molar-refractivity contribution < 1.29 is 22.0 Å². The van der Waals surface area contributed by atoms with E-state index in [4.69, 9.17) is 0 Å². The second-order valence-electron chi connectivity index (χ2n) is 6.14. The molecule has 148 valence electrons. The summed E-state index contributed by atoms with van der Waals surface area (Å²) in [6.07, 6.45) is -3.30. The molecule has 0 aliphatic heterocycles. The van der Waals surface area contributed by atoms with Crippen LogP contribution in [0, 0.1) is 11.6 Å². The predicted molar refractivity (Wildman–Crippen MR) is 91.4 cm³/mol. The first-order valence-corrected chi connectivity index (χ1v) is 8.16. The molecule has 0 aliphatic carbocycles. The molecule has 0 N–H and O–H groups in total. The number of nitrogens with zero attached hydrogens (tertiary/aromatic N) is 5. The van der Waals surface area contributed by atoms with E-state index >= 15 is 0 Å². The van der Waals surface area contributed by atoms with Gasteiger partial charge >= 0.3 is 6.18 Å². The molecule has 0 spiro atoms. The summed E-state index contributed by atoms with van der Waals surface area (Å²) in [7, 11) is 0. The zero-order chi connectivity index (χ0) is 20.8. The molecule has 0 amide bonds. The van der Waals surface area contributed by atoms with Crippen LogP contribution in [-0.2, 0) is 12.7 Å². The molecule has 0 radical (unpaired) electrons. The molecule has 0 saturated heterocycles. The number of alkyl halides is 3. The summed E-state index contributed by atoms with van der Waals surface area (Å²) >= 11 is 0. The highest BCUT2D eigenvalue weighted by Gasteiger charge is 2.29. The maximum absolute atomic E-state index is 14.0. The third-order valence-electron chi connectivity index (χ3n) is 4.20. The van der Waals surface area contributed by atoms with Crippen LogP contribution >= 0.6 is 0 Å². The van der Waals surface area contributed by atoms with Gasteiger partial charge in [0.15, 0.2) is 17.0 Å². The summed E-state index contributed by atoms with van der Waals surface area (Å²) in [6.45, 7) is -0.0440. The Labute approximate surface area is 158 Å². The van der Waals surface area contributed by atoms with Gasteiger partial charge in [0.1, 0.15) is 17.8 Å². The number of aromatic nitrogens is 5. The van der Waals surface area contributed by atoms with Crippen LogP contribution in [0.3, 0.4) is 0 Å². The minimum absolute atomic E-state index is 0.0378. The van der Waals surface area contributed by atoms with Crippen LogP contribution in [0.4, 0.5) is 22.0 Å². The molecular formula is C18H10F5N5O. The Hall–Kier alpha value is -3.63. The molecule has 0 bridgehead atoms. The summed E-state index contributed by atoms with van der Waals surface area (Å²) in [5.41, 5.74) is -1.30. The Bertz CT molecular complexity index is 1260. The molecule has 29 heavy (non-hydrogen) atoms. The second kappa shape index (κ2) is 6.76. The first-order chi connectivity index (χ1) is 13.7. The molecule has 0 saturated carbocycles. The van der Waals surface area contributed by atoms with Gasteiger partial charge < -0.3 is 0 Å². The number of fused-ring (bicyclic) bond motifs is 1. The Kier molecular flexibility index (Phi) is 4.36. The second-order valence-corrected chi connectivity index (χ2v) is 6.14. The van der Waals surface area contributed by atoms with Crippen LogP contribution in [0.15, 0.2) is 53.6 Å². The zero-order valence-corrected chi connectivity index (χ0v) is 14.4. The maximum Gasteiger partial charge on any atom is 0.416 e. The summed E-state index contributed by atoms with van der Waals surface area (Å²) in [4.78, 5) is 16.7. The van der Waals surface area contributed by atoms with Crippen molar-refractivity contribution in [3.63, 3.8) is 0 Å². The molecule has 2 aromatic carbocycles. The molecule has 0 fully saturated rings. The van der Waals surface area contributed by atoms with Crippen LogP contribution < -0.4 is 5.56 Å². The van der Waals surface area contributed by atoms with Gasteiger partial charge in [-0.25, -0.2) is 13.8 Å². The summed E-state index contributed by atoms with van der Waals surface area (Å²) < 4.78 is 67.2. The maximum atomic E-state index is 14.0. The Morgan fingerprint density at radius 3 is 2.38 bits per heavy atom. The molecule has 4 aromatic rings. The van der Waals surface area contributed by atoms with Gasteiger partial charge in [0, 0.05) is 6.07 Å². The van der Waals surface area contributed by atoms with Crippen LogP contribution in [-0.4, -0.2) is 24.5 Å². The highest BCUT2D eigenvalue weighted by atomic mass is 19.4. The van der Waals surface area contributed by atoms with E-state index in [1.807, 2.05) is 0 Å². The monoisotopic (exact) mass is 407 g/mol. The molecule has 2 heterocycles. The van der Waals surface area contributed by atoms with Gasteiger partial charge in [-0.15, -0.1) is 5.10 Å². The van der Waals surface area contributed by atoms with Gasteiger partial charge in [-0.3, -0.25) is 9.36 Å². The lowest BCUT2D eigenvalue weighted by Crippen LogP contribution is -2.21. The quantitative estimate of drug-likeness (QED) is 0.489. The number of rotatable bonds is 3. The minimum Gasteiger partial charge on any atom is -0.293 e. The number of halogens is 5. The molecule has 11 heteroatoms. The summed E-state index contributed by atoms with van der Waals surface area (Å²) in [5, 5.41) is 7.42. The van der Waals surface area contributed by atoms with E-state index in [1.165, 1.54) is 12.1 Å². The van der Waals surface area contributed by atoms with E-state index in [1.54, 1.807) is 0 Å². The van der Waals surface area contributed by atoms with Gasteiger partial charge in [-0.05, 0) is 29.8 Å². The lowest BCUT2D eigenvalue weighted by molar-refractivity contribution is -0.137. The fourth-order valence-corrected chi connectivity index (χ4v) is 2.77. The SMILES string of the molecule is O=c1c2nnn(-c3ccc(F)cc3F)c2ncn1Cc1ccc(C(F)(F)F)cc1.